The summed E-state index contributed by atoms with van der Waals surface area (Å²) in [6, 6.07) is 11.2. The number of aryl methyl sites for hydroxylation is 2. The van der Waals surface area contributed by atoms with Gasteiger partial charge in [-0.25, -0.2) is 0 Å². The molecule has 7 heteroatoms. The number of benzene rings is 1. The van der Waals surface area contributed by atoms with Gasteiger partial charge in [-0.3, -0.25) is 19.2 Å². The summed E-state index contributed by atoms with van der Waals surface area (Å²) in [6.45, 7) is 2.48. The number of amides is 2. The standard InChI is InChI=1S/C17H20N4O2S/c1-12-10-16(20(2)19-12)21-9-8-14(17(21)23)18-15(22)11-24-13-6-4-3-5-7-13/h3-7,10,14H,8-9,11H2,1-2H3,(H,18,22). The predicted molar refractivity (Wildman–Crippen MR) is 94.0 cm³/mol. The van der Waals surface area contributed by atoms with Crippen LogP contribution in [0.3, 0.4) is 0 Å². The summed E-state index contributed by atoms with van der Waals surface area (Å²) in [5.41, 5.74) is 0.868. The largest absolute Gasteiger partial charge is 0.343 e. The highest BCUT2D eigenvalue weighted by Gasteiger charge is 2.34. The van der Waals surface area contributed by atoms with E-state index < -0.39 is 6.04 Å². The zero-order valence-electron chi connectivity index (χ0n) is 13.7. The number of hydrogen-bond donors (Lipinski definition) is 1. The number of nitrogens with zero attached hydrogens (tertiary/aromatic N) is 3. The number of carbonyl (C=O) groups excluding carboxylic acids is 2. The molecule has 1 aromatic heterocycles. The Morgan fingerprint density at radius 2 is 2.12 bits per heavy atom. The number of hydrogen-bond acceptors (Lipinski definition) is 4. The van der Waals surface area contributed by atoms with Crippen molar-refractivity contribution < 1.29 is 9.59 Å². The van der Waals surface area contributed by atoms with Gasteiger partial charge in [0.1, 0.15) is 11.9 Å². The van der Waals surface area contributed by atoms with E-state index in [1.807, 2.05) is 50.4 Å². The molecule has 0 saturated carbocycles. The first kappa shape index (κ1) is 16.6. The minimum absolute atomic E-state index is 0.0731. The Morgan fingerprint density at radius 1 is 1.38 bits per heavy atom. The van der Waals surface area contributed by atoms with Crippen molar-refractivity contribution in [2.75, 3.05) is 17.2 Å². The van der Waals surface area contributed by atoms with E-state index in [9.17, 15) is 9.59 Å². The zero-order chi connectivity index (χ0) is 17.1. The molecule has 1 fully saturated rings. The Balaban J connectivity index is 1.55. The van der Waals surface area contributed by atoms with Gasteiger partial charge in [-0.15, -0.1) is 11.8 Å². The second-order valence-electron chi connectivity index (χ2n) is 5.77. The summed E-state index contributed by atoms with van der Waals surface area (Å²) in [5.74, 6) is 0.882. The second-order valence-corrected chi connectivity index (χ2v) is 6.82. The number of anilines is 1. The maximum atomic E-state index is 12.5. The van der Waals surface area contributed by atoms with Crippen molar-refractivity contribution in [3.05, 3.63) is 42.1 Å². The Morgan fingerprint density at radius 3 is 2.79 bits per heavy atom. The summed E-state index contributed by atoms with van der Waals surface area (Å²) in [5, 5.41) is 7.12. The van der Waals surface area contributed by atoms with Gasteiger partial charge >= 0.3 is 0 Å². The van der Waals surface area contributed by atoms with Crippen LogP contribution in [0.25, 0.3) is 0 Å². The molecule has 0 bridgehead atoms. The quantitative estimate of drug-likeness (QED) is 0.839. The molecule has 6 nitrogen and oxygen atoms in total. The second kappa shape index (κ2) is 7.09. The van der Waals surface area contributed by atoms with Gasteiger partial charge in [0, 0.05) is 24.6 Å². The van der Waals surface area contributed by atoms with Crippen molar-refractivity contribution in [3.8, 4) is 0 Å². The first-order valence-electron chi connectivity index (χ1n) is 7.84. The lowest BCUT2D eigenvalue weighted by Crippen LogP contribution is -2.42. The van der Waals surface area contributed by atoms with Crippen molar-refractivity contribution in [1.82, 2.24) is 15.1 Å². The van der Waals surface area contributed by atoms with Crippen LogP contribution in [0.2, 0.25) is 0 Å². The molecule has 0 radical (unpaired) electrons. The highest BCUT2D eigenvalue weighted by atomic mass is 32.2. The third-order valence-corrected chi connectivity index (χ3v) is 4.92. The lowest BCUT2D eigenvalue weighted by molar-refractivity contribution is -0.124. The van der Waals surface area contributed by atoms with E-state index in [2.05, 4.69) is 10.4 Å². The number of aromatic nitrogens is 2. The Kier molecular flexibility index (Phi) is 4.89. The molecule has 126 valence electrons. The maximum Gasteiger partial charge on any atom is 0.250 e. The Bertz CT molecular complexity index is 744. The molecule has 1 N–H and O–H groups in total. The van der Waals surface area contributed by atoms with Gasteiger partial charge in [-0.05, 0) is 25.5 Å². The fraction of sp³-hybridized carbons (Fsp3) is 0.353. The van der Waals surface area contributed by atoms with Crippen LogP contribution < -0.4 is 10.2 Å². The third kappa shape index (κ3) is 3.62. The van der Waals surface area contributed by atoms with E-state index in [0.717, 1.165) is 16.4 Å². The lowest BCUT2D eigenvalue weighted by Gasteiger charge is -2.17. The fourth-order valence-electron chi connectivity index (χ4n) is 2.79. The molecular weight excluding hydrogens is 324 g/mol. The van der Waals surface area contributed by atoms with Crippen molar-refractivity contribution in [2.24, 2.45) is 7.05 Å². The van der Waals surface area contributed by atoms with E-state index in [1.54, 1.807) is 9.58 Å². The smallest absolute Gasteiger partial charge is 0.250 e. The molecule has 2 amide bonds. The summed E-state index contributed by atoms with van der Waals surface area (Å²) < 4.78 is 1.70. The van der Waals surface area contributed by atoms with E-state index >= 15 is 0 Å². The molecule has 3 rings (SSSR count). The van der Waals surface area contributed by atoms with Crippen LogP contribution in [-0.2, 0) is 16.6 Å². The van der Waals surface area contributed by atoms with E-state index in [0.29, 0.717) is 18.7 Å². The van der Waals surface area contributed by atoms with Crippen LogP contribution in [0.15, 0.2) is 41.3 Å². The molecule has 1 saturated heterocycles. The van der Waals surface area contributed by atoms with Crippen LogP contribution in [0.4, 0.5) is 5.82 Å². The molecule has 2 aromatic rings. The van der Waals surface area contributed by atoms with Crippen LogP contribution in [0.5, 0.6) is 0 Å². The van der Waals surface area contributed by atoms with Gasteiger partial charge < -0.3 is 5.32 Å². The fourth-order valence-corrected chi connectivity index (χ4v) is 3.52. The van der Waals surface area contributed by atoms with E-state index in [1.165, 1.54) is 11.8 Å². The van der Waals surface area contributed by atoms with Gasteiger partial charge in [-0.2, -0.15) is 5.10 Å². The molecule has 2 heterocycles. The molecule has 1 unspecified atom stereocenters. The normalized spacial score (nSPS) is 17.3. The van der Waals surface area contributed by atoms with Gasteiger partial charge in [0.2, 0.25) is 5.91 Å². The van der Waals surface area contributed by atoms with Gasteiger partial charge in [0.25, 0.3) is 5.91 Å². The molecule has 24 heavy (non-hydrogen) atoms. The summed E-state index contributed by atoms with van der Waals surface area (Å²) in [6.07, 6.45) is 0.616. The minimum Gasteiger partial charge on any atom is -0.343 e. The molecule has 1 atom stereocenters. The van der Waals surface area contributed by atoms with E-state index in [-0.39, 0.29) is 11.8 Å². The zero-order valence-corrected chi connectivity index (χ0v) is 14.5. The van der Waals surface area contributed by atoms with Crippen LogP contribution >= 0.6 is 11.8 Å². The average molecular weight is 344 g/mol. The van der Waals surface area contributed by atoms with Gasteiger partial charge in [-0.1, -0.05) is 18.2 Å². The topological polar surface area (TPSA) is 67.2 Å². The average Bonchev–Trinajstić information content (AvgIpc) is 3.08. The van der Waals surface area contributed by atoms with Crippen molar-refractivity contribution in [1.29, 1.82) is 0 Å². The summed E-state index contributed by atoms with van der Waals surface area (Å²) >= 11 is 1.47. The first-order valence-corrected chi connectivity index (χ1v) is 8.82. The highest BCUT2D eigenvalue weighted by Crippen LogP contribution is 2.22. The lowest BCUT2D eigenvalue weighted by atomic mass is 10.2. The summed E-state index contributed by atoms with van der Waals surface area (Å²) in [4.78, 5) is 27.4. The van der Waals surface area contributed by atoms with Crippen molar-refractivity contribution in [3.63, 3.8) is 0 Å². The number of carbonyl (C=O) groups is 2. The molecule has 0 spiro atoms. The van der Waals surface area contributed by atoms with Crippen LogP contribution in [0, 0.1) is 6.92 Å². The van der Waals surface area contributed by atoms with Crippen LogP contribution in [-0.4, -0.2) is 39.9 Å². The maximum absolute atomic E-state index is 12.5. The SMILES string of the molecule is Cc1cc(N2CCC(NC(=O)CSc3ccccc3)C2=O)n(C)n1. The number of thioether (sulfide) groups is 1. The number of rotatable bonds is 5. The van der Waals surface area contributed by atoms with Gasteiger partial charge in [0.05, 0.1) is 11.4 Å². The minimum atomic E-state index is -0.455. The van der Waals surface area contributed by atoms with Crippen molar-refractivity contribution in [2.45, 2.75) is 24.3 Å². The molecule has 1 aliphatic rings. The molecule has 1 aliphatic heterocycles. The third-order valence-electron chi connectivity index (χ3n) is 3.91. The molecule has 1 aromatic carbocycles. The van der Waals surface area contributed by atoms with Gasteiger partial charge in [0.15, 0.2) is 0 Å². The Labute approximate surface area is 145 Å². The Hall–Kier alpha value is -2.28. The van der Waals surface area contributed by atoms with Crippen molar-refractivity contribution >= 4 is 29.4 Å². The first-order chi connectivity index (χ1) is 11.5. The monoisotopic (exact) mass is 344 g/mol. The summed E-state index contributed by atoms with van der Waals surface area (Å²) in [7, 11) is 1.82. The number of nitrogens with one attached hydrogen (secondary N) is 1. The van der Waals surface area contributed by atoms with Crippen LogP contribution in [0.1, 0.15) is 12.1 Å². The predicted octanol–water partition coefficient (Wildman–Crippen LogP) is 1.74. The molecular formula is C17H20N4O2S. The van der Waals surface area contributed by atoms with E-state index in [4.69, 9.17) is 0 Å². The highest BCUT2D eigenvalue weighted by molar-refractivity contribution is 8.00. The molecule has 0 aliphatic carbocycles.